The van der Waals surface area contributed by atoms with Crippen molar-refractivity contribution in [3.63, 3.8) is 0 Å². The zero-order chi connectivity index (χ0) is 16.4. The first-order chi connectivity index (χ1) is 11.8. The highest BCUT2D eigenvalue weighted by atomic mass is 16.5. The Kier molecular flexibility index (Phi) is 3.51. The lowest BCUT2D eigenvalue weighted by atomic mass is 10.2. The number of hydrogen-bond donors (Lipinski definition) is 0. The van der Waals surface area contributed by atoms with E-state index in [9.17, 15) is 4.79 Å². The van der Waals surface area contributed by atoms with Crippen LogP contribution in [0.1, 0.15) is 10.4 Å². The van der Waals surface area contributed by atoms with Crippen LogP contribution in [-0.2, 0) is 0 Å². The molecular formula is C19H13N3O2. The smallest absolute Gasteiger partial charge is 0.280 e. The van der Waals surface area contributed by atoms with E-state index in [2.05, 4.69) is 10.3 Å². The van der Waals surface area contributed by atoms with Gasteiger partial charge >= 0.3 is 0 Å². The Morgan fingerprint density at radius 1 is 0.833 bits per heavy atom. The molecule has 0 N–H and O–H groups in total. The molecule has 0 unspecified atom stereocenters. The van der Waals surface area contributed by atoms with Crippen molar-refractivity contribution in [1.29, 1.82) is 0 Å². The Morgan fingerprint density at radius 3 is 2.46 bits per heavy atom. The van der Waals surface area contributed by atoms with Gasteiger partial charge in [0.25, 0.3) is 5.91 Å². The van der Waals surface area contributed by atoms with Crippen molar-refractivity contribution >= 4 is 16.9 Å². The summed E-state index contributed by atoms with van der Waals surface area (Å²) in [4.78, 5) is 12.7. The van der Waals surface area contributed by atoms with E-state index in [1.165, 1.54) is 4.68 Å². The van der Waals surface area contributed by atoms with Crippen molar-refractivity contribution in [2.75, 3.05) is 0 Å². The van der Waals surface area contributed by atoms with E-state index in [0.29, 0.717) is 28.1 Å². The van der Waals surface area contributed by atoms with Crippen molar-refractivity contribution in [2.45, 2.75) is 0 Å². The average Bonchev–Trinajstić information content (AvgIpc) is 3.06. The summed E-state index contributed by atoms with van der Waals surface area (Å²) in [6.07, 6.45) is 0. The molecule has 0 fully saturated rings. The first-order valence-corrected chi connectivity index (χ1v) is 7.49. The number of nitrogens with zero attached hydrogens (tertiary/aromatic N) is 3. The van der Waals surface area contributed by atoms with E-state index in [1.54, 1.807) is 18.2 Å². The lowest BCUT2D eigenvalue weighted by molar-refractivity contribution is 0.0948. The normalized spacial score (nSPS) is 10.7. The van der Waals surface area contributed by atoms with Crippen LogP contribution < -0.4 is 4.74 Å². The first-order valence-electron chi connectivity index (χ1n) is 7.49. The van der Waals surface area contributed by atoms with Gasteiger partial charge in [0.05, 0.1) is 5.52 Å². The molecule has 1 aromatic heterocycles. The Balaban J connectivity index is 1.67. The van der Waals surface area contributed by atoms with Gasteiger partial charge in [0.2, 0.25) is 0 Å². The minimum absolute atomic E-state index is 0.248. The van der Waals surface area contributed by atoms with Crippen LogP contribution in [-0.4, -0.2) is 20.9 Å². The lowest BCUT2D eigenvalue weighted by Crippen LogP contribution is -2.13. The molecule has 0 radical (unpaired) electrons. The molecule has 0 amide bonds. The lowest BCUT2D eigenvalue weighted by Gasteiger charge is -2.07. The predicted molar refractivity (Wildman–Crippen MR) is 90.2 cm³/mol. The summed E-state index contributed by atoms with van der Waals surface area (Å²) < 4.78 is 7.08. The number of aromatic nitrogens is 3. The van der Waals surface area contributed by atoms with Crippen LogP contribution in [0.4, 0.5) is 0 Å². The topological polar surface area (TPSA) is 57.0 Å². The fourth-order valence-corrected chi connectivity index (χ4v) is 2.46. The second-order valence-corrected chi connectivity index (χ2v) is 5.24. The second-order valence-electron chi connectivity index (χ2n) is 5.24. The Hall–Kier alpha value is -3.47. The minimum Gasteiger partial charge on any atom is -0.457 e. The number of carbonyl (C=O) groups is 1. The summed E-state index contributed by atoms with van der Waals surface area (Å²) in [5.74, 6) is 1.06. The van der Waals surface area contributed by atoms with Gasteiger partial charge in [0.1, 0.15) is 17.0 Å². The third-order valence-corrected chi connectivity index (χ3v) is 3.60. The fourth-order valence-electron chi connectivity index (χ4n) is 2.46. The number of fused-ring (bicyclic) bond motifs is 1. The van der Waals surface area contributed by atoms with Gasteiger partial charge in [-0.2, -0.15) is 4.68 Å². The van der Waals surface area contributed by atoms with Crippen LogP contribution in [0.15, 0.2) is 78.9 Å². The molecule has 0 aliphatic heterocycles. The monoisotopic (exact) mass is 315 g/mol. The molecule has 0 atom stereocenters. The van der Waals surface area contributed by atoms with Gasteiger partial charge in [-0.05, 0) is 42.5 Å². The van der Waals surface area contributed by atoms with E-state index in [4.69, 9.17) is 4.74 Å². The Morgan fingerprint density at radius 2 is 1.58 bits per heavy atom. The van der Waals surface area contributed by atoms with Crippen LogP contribution in [0, 0.1) is 0 Å². The molecule has 5 heteroatoms. The highest BCUT2D eigenvalue weighted by molar-refractivity contribution is 6.00. The molecule has 0 aliphatic carbocycles. The van der Waals surface area contributed by atoms with Crippen molar-refractivity contribution in [1.82, 2.24) is 15.0 Å². The van der Waals surface area contributed by atoms with Crippen molar-refractivity contribution in [3.8, 4) is 11.5 Å². The van der Waals surface area contributed by atoms with Gasteiger partial charge in [-0.25, -0.2) is 0 Å². The van der Waals surface area contributed by atoms with Crippen LogP contribution in [0.25, 0.3) is 11.0 Å². The van der Waals surface area contributed by atoms with Crippen molar-refractivity contribution in [3.05, 3.63) is 84.4 Å². The van der Waals surface area contributed by atoms with Gasteiger partial charge in [-0.3, -0.25) is 4.79 Å². The van der Waals surface area contributed by atoms with Gasteiger partial charge in [0, 0.05) is 5.56 Å². The van der Waals surface area contributed by atoms with E-state index < -0.39 is 0 Å². The quantitative estimate of drug-likeness (QED) is 0.575. The average molecular weight is 315 g/mol. The largest absolute Gasteiger partial charge is 0.457 e. The van der Waals surface area contributed by atoms with Crippen molar-refractivity contribution < 1.29 is 9.53 Å². The molecule has 24 heavy (non-hydrogen) atoms. The molecule has 0 spiro atoms. The molecule has 4 rings (SSSR count). The number of para-hydroxylation sites is 2. The van der Waals surface area contributed by atoms with Crippen molar-refractivity contribution in [2.24, 2.45) is 0 Å². The highest BCUT2D eigenvalue weighted by Crippen LogP contribution is 2.22. The summed E-state index contributed by atoms with van der Waals surface area (Å²) >= 11 is 0. The summed E-state index contributed by atoms with van der Waals surface area (Å²) in [7, 11) is 0. The summed E-state index contributed by atoms with van der Waals surface area (Å²) in [6.45, 7) is 0. The molecule has 0 saturated heterocycles. The Bertz CT molecular complexity index is 1010. The standard InChI is InChI=1S/C19H13N3O2/c23-19(22-18-12-5-4-11-17(18)20-21-22)14-7-6-10-16(13-14)24-15-8-2-1-3-9-15/h1-13H. The van der Waals surface area contributed by atoms with Gasteiger partial charge in [0.15, 0.2) is 0 Å². The first kappa shape index (κ1) is 14.1. The molecule has 0 aliphatic rings. The zero-order valence-electron chi connectivity index (χ0n) is 12.7. The van der Waals surface area contributed by atoms with Gasteiger partial charge in [-0.1, -0.05) is 41.6 Å². The third kappa shape index (κ3) is 2.63. The zero-order valence-corrected chi connectivity index (χ0v) is 12.7. The molecule has 5 nitrogen and oxygen atoms in total. The molecular weight excluding hydrogens is 302 g/mol. The maximum Gasteiger partial charge on any atom is 0.280 e. The summed E-state index contributed by atoms with van der Waals surface area (Å²) in [5.41, 5.74) is 1.85. The maximum absolute atomic E-state index is 12.7. The summed E-state index contributed by atoms with van der Waals surface area (Å²) in [5, 5.41) is 7.98. The van der Waals surface area contributed by atoms with E-state index in [1.807, 2.05) is 60.7 Å². The molecule has 116 valence electrons. The third-order valence-electron chi connectivity index (χ3n) is 3.60. The maximum atomic E-state index is 12.7. The van der Waals surface area contributed by atoms with Crippen LogP contribution in [0.2, 0.25) is 0 Å². The van der Waals surface area contributed by atoms with E-state index >= 15 is 0 Å². The van der Waals surface area contributed by atoms with E-state index in [-0.39, 0.29) is 5.91 Å². The number of rotatable bonds is 3. The highest BCUT2D eigenvalue weighted by Gasteiger charge is 2.14. The molecule has 0 bridgehead atoms. The molecule has 1 heterocycles. The Labute approximate surface area is 138 Å². The number of carbonyl (C=O) groups excluding carboxylic acids is 1. The minimum atomic E-state index is -0.248. The number of ether oxygens (including phenoxy) is 1. The molecule has 0 saturated carbocycles. The van der Waals surface area contributed by atoms with E-state index in [0.717, 1.165) is 0 Å². The summed E-state index contributed by atoms with van der Waals surface area (Å²) in [6, 6.07) is 23.8. The van der Waals surface area contributed by atoms with Gasteiger partial charge in [-0.15, -0.1) is 5.10 Å². The number of hydrogen-bond acceptors (Lipinski definition) is 4. The second kappa shape index (κ2) is 5.96. The fraction of sp³-hybridized carbons (Fsp3) is 0. The van der Waals surface area contributed by atoms with Crippen LogP contribution in [0.3, 0.4) is 0 Å². The van der Waals surface area contributed by atoms with Crippen LogP contribution >= 0.6 is 0 Å². The molecule has 3 aromatic carbocycles. The SMILES string of the molecule is O=C(c1cccc(Oc2ccccc2)c1)n1nnc2ccccc21. The molecule has 4 aromatic rings. The predicted octanol–water partition coefficient (Wildman–Crippen LogP) is 3.91. The number of benzene rings is 3. The van der Waals surface area contributed by atoms with Gasteiger partial charge < -0.3 is 4.74 Å². The van der Waals surface area contributed by atoms with Crippen LogP contribution in [0.5, 0.6) is 11.5 Å².